The van der Waals surface area contributed by atoms with E-state index in [1.165, 1.54) is 11.3 Å². The first-order valence-electron chi connectivity index (χ1n) is 8.65. The number of hydrogen-bond acceptors (Lipinski definition) is 0. The third-order valence-electron chi connectivity index (χ3n) is 3.10. The van der Waals surface area contributed by atoms with Crippen molar-refractivity contribution in [1.29, 1.82) is 0 Å². The van der Waals surface area contributed by atoms with Crippen molar-refractivity contribution in [3.63, 3.8) is 0 Å². The van der Waals surface area contributed by atoms with Crippen molar-refractivity contribution in [2.45, 2.75) is 67.2 Å². The van der Waals surface area contributed by atoms with Gasteiger partial charge in [0.15, 0.2) is 0 Å². The Bertz CT molecular complexity index is 462. The molecule has 0 saturated carbocycles. The van der Waals surface area contributed by atoms with Gasteiger partial charge in [-0.05, 0) is 35.6 Å². The van der Waals surface area contributed by atoms with Crippen LogP contribution in [0.15, 0.2) is 36.8 Å². The highest BCUT2D eigenvalue weighted by molar-refractivity contribution is 5.13. The maximum absolute atomic E-state index is 2.20. The van der Waals surface area contributed by atoms with Crippen LogP contribution < -0.4 is 0 Å². The molecule has 2 heteroatoms. The standard InChI is InChI=1S/2C8H13N.2C2H6/c1-7(2)8-4-5-9(3)6-8;1-7(2)8-5-4-6-9(8)3;2*1-2/h2*4-7H,1-3H3;2*1-2H3. The van der Waals surface area contributed by atoms with Gasteiger partial charge in [-0.2, -0.15) is 0 Å². The molecule has 2 aromatic rings. The Labute approximate surface area is 139 Å². The van der Waals surface area contributed by atoms with Crippen LogP contribution in [0.4, 0.5) is 0 Å². The molecule has 2 heterocycles. The third kappa shape index (κ3) is 8.76. The summed E-state index contributed by atoms with van der Waals surface area (Å²) in [5.74, 6) is 1.30. The molecule has 0 N–H and O–H groups in total. The van der Waals surface area contributed by atoms with Crippen LogP contribution in [0.2, 0.25) is 0 Å². The minimum Gasteiger partial charge on any atom is -0.357 e. The van der Waals surface area contributed by atoms with Crippen molar-refractivity contribution in [3.8, 4) is 0 Å². The van der Waals surface area contributed by atoms with E-state index in [-0.39, 0.29) is 0 Å². The minimum atomic E-state index is 0.644. The normalized spacial score (nSPS) is 9.27. The van der Waals surface area contributed by atoms with Gasteiger partial charge in [-0.15, -0.1) is 0 Å². The van der Waals surface area contributed by atoms with Crippen LogP contribution in [-0.2, 0) is 14.1 Å². The van der Waals surface area contributed by atoms with Crippen molar-refractivity contribution < 1.29 is 0 Å². The van der Waals surface area contributed by atoms with Gasteiger partial charge in [0.05, 0.1) is 0 Å². The van der Waals surface area contributed by atoms with Gasteiger partial charge in [0.2, 0.25) is 0 Å². The Hall–Kier alpha value is -1.44. The van der Waals surface area contributed by atoms with Gasteiger partial charge in [0, 0.05) is 38.4 Å². The lowest BCUT2D eigenvalue weighted by Gasteiger charge is -2.04. The molecule has 0 unspecified atom stereocenters. The molecule has 0 spiro atoms. The zero-order chi connectivity index (χ0) is 17.7. The van der Waals surface area contributed by atoms with Gasteiger partial charge in [-0.3, -0.25) is 0 Å². The molecule has 2 nitrogen and oxygen atoms in total. The lowest BCUT2D eigenvalue weighted by molar-refractivity contribution is 0.741. The zero-order valence-electron chi connectivity index (χ0n) is 16.5. The zero-order valence-corrected chi connectivity index (χ0v) is 16.5. The van der Waals surface area contributed by atoms with Crippen LogP contribution in [0.3, 0.4) is 0 Å². The molecule has 0 saturated heterocycles. The van der Waals surface area contributed by atoms with E-state index in [0.29, 0.717) is 11.8 Å². The van der Waals surface area contributed by atoms with E-state index in [0.717, 1.165) is 0 Å². The predicted molar refractivity (Wildman–Crippen MR) is 102 cm³/mol. The summed E-state index contributed by atoms with van der Waals surface area (Å²) in [6.07, 6.45) is 6.31. The first-order valence-corrected chi connectivity index (χ1v) is 8.65. The van der Waals surface area contributed by atoms with E-state index in [1.807, 2.05) is 34.7 Å². The summed E-state index contributed by atoms with van der Waals surface area (Å²) in [4.78, 5) is 0. The van der Waals surface area contributed by atoms with Crippen LogP contribution in [-0.4, -0.2) is 9.13 Å². The molecule has 0 aliphatic rings. The number of nitrogens with zero attached hydrogens (tertiary/aromatic N) is 2. The van der Waals surface area contributed by atoms with Crippen molar-refractivity contribution in [1.82, 2.24) is 9.13 Å². The Morgan fingerprint density at radius 3 is 1.50 bits per heavy atom. The highest BCUT2D eigenvalue weighted by atomic mass is 14.9. The second-order valence-corrected chi connectivity index (χ2v) is 5.46. The number of aromatic nitrogens is 2. The van der Waals surface area contributed by atoms with E-state index >= 15 is 0 Å². The first kappa shape index (κ1) is 22.8. The highest BCUT2D eigenvalue weighted by Crippen LogP contribution is 2.13. The monoisotopic (exact) mass is 306 g/mol. The largest absolute Gasteiger partial charge is 0.357 e. The van der Waals surface area contributed by atoms with E-state index in [1.54, 1.807) is 0 Å². The van der Waals surface area contributed by atoms with Gasteiger partial charge >= 0.3 is 0 Å². The van der Waals surface area contributed by atoms with Crippen molar-refractivity contribution in [3.05, 3.63) is 48.0 Å². The molecule has 22 heavy (non-hydrogen) atoms. The molecule has 2 rings (SSSR count). The smallest absolute Gasteiger partial charge is 0.0197 e. The fourth-order valence-electron chi connectivity index (χ4n) is 1.94. The van der Waals surface area contributed by atoms with E-state index in [9.17, 15) is 0 Å². The molecule has 0 bridgehead atoms. The lowest BCUT2D eigenvalue weighted by Crippen LogP contribution is -1.95. The molecular formula is C20H38N2. The topological polar surface area (TPSA) is 9.86 Å². The van der Waals surface area contributed by atoms with Crippen molar-refractivity contribution >= 4 is 0 Å². The van der Waals surface area contributed by atoms with Crippen molar-refractivity contribution in [2.24, 2.45) is 14.1 Å². The predicted octanol–water partition coefficient (Wildman–Crippen LogP) is 6.35. The second kappa shape index (κ2) is 13.2. The van der Waals surface area contributed by atoms with Crippen LogP contribution in [0.5, 0.6) is 0 Å². The molecule has 0 radical (unpaired) electrons. The van der Waals surface area contributed by atoms with Crippen LogP contribution >= 0.6 is 0 Å². The van der Waals surface area contributed by atoms with E-state index < -0.39 is 0 Å². The molecule has 0 atom stereocenters. The Kier molecular flexibility index (Phi) is 13.7. The molecular weight excluding hydrogens is 268 g/mol. The van der Waals surface area contributed by atoms with Crippen LogP contribution in [0.25, 0.3) is 0 Å². The Morgan fingerprint density at radius 2 is 1.32 bits per heavy atom. The molecule has 0 aliphatic heterocycles. The van der Waals surface area contributed by atoms with E-state index in [4.69, 9.17) is 0 Å². The van der Waals surface area contributed by atoms with E-state index in [2.05, 4.69) is 80.7 Å². The molecule has 2 aromatic heterocycles. The number of hydrogen-bond donors (Lipinski definition) is 0. The molecule has 0 aliphatic carbocycles. The first-order chi connectivity index (χ1) is 10.4. The quantitative estimate of drug-likeness (QED) is 0.612. The second-order valence-electron chi connectivity index (χ2n) is 5.46. The maximum atomic E-state index is 2.20. The fourth-order valence-corrected chi connectivity index (χ4v) is 1.94. The number of aryl methyl sites for hydroxylation is 2. The van der Waals surface area contributed by atoms with Gasteiger partial charge < -0.3 is 9.13 Å². The summed E-state index contributed by atoms with van der Waals surface area (Å²) >= 11 is 0. The molecule has 0 amide bonds. The summed E-state index contributed by atoms with van der Waals surface area (Å²) in [6.45, 7) is 16.8. The van der Waals surface area contributed by atoms with Crippen LogP contribution in [0.1, 0.15) is 78.5 Å². The third-order valence-corrected chi connectivity index (χ3v) is 3.10. The highest BCUT2D eigenvalue weighted by Gasteiger charge is 1.99. The van der Waals surface area contributed by atoms with Gasteiger partial charge in [0.25, 0.3) is 0 Å². The SMILES string of the molecule is CC.CC.CC(C)c1cccn1C.CC(C)c1ccn(C)c1. The van der Waals surface area contributed by atoms with Gasteiger partial charge in [0.1, 0.15) is 0 Å². The Balaban J connectivity index is 0. The van der Waals surface area contributed by atoms with Crippen molar-refractivity contribution in [2.75, 3.05) is 0 Å². The Morgan fingerprint density at radius 1 is 0.773 bits per heavy atom. The number of rotatable bonds is 2. The summed E-state index contributed by atoms with van der Waals surface area (Å²) < 4.78 is 4.24. The lowest BCUT2D eigenvalue weighted by atomic mass is 10.1. The summed E-state index contributed by atoms with van der Waals surface area (Å²) in [7, 11) is 4.13. The average molecular weight is 307 g/mol. The summed E-state index contributed by atoms with van der Waals surface area (Å²) in [5, 5.41) is 0. The minimum absolute atomic E-state index is 0.644. The maximum Gasteiger partial charge on any atom is 0.0197 e. The molecule has 0 aromatic carbocycles. The summed E-state index contributed by atoms with van der Waals surface area (Å²) in [6, 6.07) is 6.39. The summed E-state index contributed by atoms with van der Waals surface area (Å²) in [5.41, 5.74) is 2.81. The van der Waals surface area contributed by atoms with Gasteiger partial charge in [-0.25, -0.2) is 0 Å². The molecule has 128 valence electrons. The van der Waals surface area contributed by atoms with Crippen LogP contribution in [0, 0.1) is 0 Å². The average Bonchev–Trinajstić information content (AvgIpc) is 3.12. The fraction of sp³-hybridized carbons (Fsp3) is 0.600. The van der Waals surface area contributed by atoms with Gasteiger partial charge in [-0.1, -0.05) is 55.4 Å². The molecule has 0 fully saturated rings.